The summed E-state index contributed by atoms with van der Waals surface area (Å²) in [5.41, 5.74) is 6.43. The first-order valence-corrected chi connectivity index (χ1v) is 8.07. The summed E-state index contributed by atoms with van der Waals surface area (Å²) in [4.78, 5) is 4.57. The van der Waals surface area contributed by atoms with Gasteiger partial charge in [-0.3, -0.25) is 0 Å². The monoisotopic (exact) mass is 277 g/mol. The Morgan fingerprint density at radius 3 is 2.60 bits per heavy atom. The molecule has 1 aliphatic rings. The highest BCUT2D eigenvalue weighted by atomic mass is 15.1. The van der Waals surface area contributed by atoms with Gasteiger partial charge in [0.05, 0.1) is 0 Å². The summed E-state index contributed by atoms with van der Waals surface area (Å²) in [5.74, 6) is 3.06. The van der Waals surface area contributed by atoms with E-state index in [1.165, 1.54) is 25.1 Å². The van der Waals surface area contributed by atoms with Gasteiger partial charge in [-0.1, -0.05) is 34.6 Å². The van der Waals surface area contributed by atoms with E-state index < -0.39 is 0 Å². The van der Waals surface area contributed by atoms with Gasteiger partial charge in [-0.2, -0.15) is 0 Å². The van der Waals surface area contributed by atoms with E-state index >= 15 is 0 Å². The van der Waals surface area contributed by atoms with Crippen molar-refractivity contribution in [2.24, 2.45) is 23.0 Å². The molecule has 0 bridgehead atoms. The van der Waals surface area contributed by atoms with Gasteiger partial charge in [0.15, 0.2) is 0 Å². The molecule has 1 heterocycles. The minimum Gasteiger partial charge on any atom is -0.331 e. The highest BCUT2D eigenvalue weighted by Crippen LogP contribution is 2.45. The maximum absolute atomic E-state index is 6.05. The number of aromatic nitrogens is 2. The predicted molar refractivity (Wildman–Crippen MR) is 84.7 cm³/mol. The molecule has 1 saturated carbocycles. The van der Waals surface area contributed by atoms with E-state index in [1.807, 2.05) is 6.20 Å². The molecule has 2 N–H and O–H groups in total. The average Bonchev–Trinajstić information content (AvgIpc) is 2.86. The fourth-order valence-corrected chi connectivity index (χ4v) is 3.66. The van der Waals surface area contributed by atoms with Crippen LogP contribution in [-0.4, -0.2) is 16.1 Å². The van der Waals surface area contributed by atoms with E-state index in [2.05, 4.69) is 50.4 Å². The molecule has 114 valence electrons. The Morgan fingerprint density at radius 1 is 1.35 bits per heavy atom. The van der Waals surface area contributed by atoms with E-state index in [4.69, 9.17) is 5.73 Å². The molecule has 0 aromatic carbocycles. The van der Waals surface area contributed by atoms with Crippen molar-refractivity contribution >= 4 is 0 Å². The highest BCUT2D eigenvalue weighted by molar-refractivity contribution is 5.03. The van der Waals surface area contributed by atoms with Crippen LogP contribution in [0.25, 0.3) is 0 Å². The first-order valence-electron chi connectivity index (χ1n) is 8.07. The van der Waals surface area contributed by atoms with Crippen LogP contribution in [0.1, 0.15) is 71.7 Å². The van der Waals surface area contributed by atoms with Gasteiger partial charge in [-0.15, -0.1) is 0 Å². The van der Waals surface area contributed by atoms with E-state index in [9.17, 15) is 0 Å². The second-order valence-corrected chi connectivity index (χ2v) is 7.79. The van der Waals surface area contributed by atoms with Gasteiger partial charge >= 0.3 is 0 Å². The zero-order valence-corrected chi connectivity index (χ0v) is 13.8. The van der Waals surface area contributed by atoms with Crippen molar-refractivity contribution in [3.8, 4) is 0 Å². The van der Waals surface area contributed by atoms with Crippen LogP contribution >= 0.6 is 0 Å². The second-order valence-electron chi connectivity index (χ2n) is 7.79. The van der Waals surface area contributed by atoms with Gasteiger partial charge in [0.2, 0.25) is 0 Å². The summed E-state index contributed by atoms with van der Waals surface area (Å²) in [7, 11) is 0. The molecular weight excluding hydrogens is 246 g/mol. The van der Waals surface area contributed by atoms with Gasteiger partial charge in [-0.05, 0) is 43.1 Å². The number of hydrogen-bond acceptors (Lipinski definition) is 2. The van der Waals surface area contributed by atoms with Crippen molar-refractivity contribution in [2.75, 3.05) is 6.54 Å². The summed E-state index contributed by atoms with van der Waals surface area (Å²) in [6, 6.07) is 0.526. The van der Waals surface area contributed by atoms with E-state index in [0.717, 1.165) is 12.5 Å². The lowest BCUT2D eigenvalue weighted by atomic mass is 9.67. The molecule has 3 unspecified atom stereocenters. The SMILES string of the molecule is CC(C)c1nccn1C1CC(C(C)(C)C)CCC1CN. The molecule has 1 fully saturated rings. The fraction of sp³-hybridized carbons (Fsp3) is 0.824. The summed E-state index contributed by atoms with van der Waals surface area (Å²) < 4.78 is 2.42. The van der Waals surface area contributed by atoms with Gasteiger partial charge in [0.1, 0.15) is 5.82 Å². The van der Waals surface area contributed by atoms with Crippen molar-refractivity contribution in [1.82, 2.24) is 9.55 Å². The Bertz CT molecular complexity index is 428. The fourth-order valence-electron chi connectivity index (χ4n) is 3.66. The highest BCUT2D eigenvalue weighted by Gasteiger charge is 2.36. The molecule has 0 amide bonds. The molecule has 3 atom stereocenters. The Labute approximate surface area is 124 Å². The smallest absolute Gasteiger partial charge is 0.111 e. The van der Waals surface area contributed by atoms with Crippen LogP contribution in [0.2, 0.25) is 0 Å². The van der Waals surface area contributed by atoms with Gasteiger partial charge in [-0.25, -0.2) is 4.98 Å². The number of imidazole rings is 1. The zero-order valence-electron chi connectivity index (χ0n) is 13.8. The minimum atomic E-state index is 0.385. The maximum Gasteiger partial charge on any atom is 0.111 e. The summed E-state index contributed by atoms with van der Waals surface area (Å²) in [6.45, 7) is 12.3. The third-order valence-corrected chi connectivity index (χ3v) is 5.06. The van der Waals surface area contributed by atoms with Crippen LogP contribution in [0.4, 0.5) is 0 Å². The van der Waals surface area contributed by atoms with E-state index in [0.29, 0.717) is 23.3 Å². The van der Waals surface area contributed by atoms with Crippen LogP contribution in [0, 0.1) is 17.3 Å². The number of nitrogens with two attached hydrogens (primary N) is 1. The van der Waals surface area contributed by atoms with Crippen molar-refractivity contribution in [2.45, 2.75) is 65.8 Å². The van der Waals surface area contributed by atoms with Crippen LogP contribution in [0.15, 0.2) is 12.4 Å². The molecular formula is C17H31N3. The molecule has 3 nitrogen and oxygen atoms in total. The summed E-state index contributed by atoms with van der Waals surface area (Å²) in [6.07, 6.45) is 7.91. The van der Waals surface area contributed by atoms with E-state index in [1.54, 1.807) is 0 Å². The molecule has 20 heavy (non-hydrogen) atoms. The maximum atomic E-state index is 6.05. The first-order chi connectivity index (χ1) is 9.34. The Hall–Kier alpha value is -0.830. The molecule has 0 saturated heterocycles. The predicted octanol–water partition coefficient (Wildman–Crippen LogP) is 3.97. The number of rotatable bonds is 3. The lowest BCUT2D eigenvalue weighted by Crippen LogP contribution is -2.37. The van der Waals surface area contributed by atoms with Crippen LogP contribution in [-0.2, 0) is 0 Å². The third kappa shape index (κ3) is 3.08. The lowest BCUT2D eigenvalue weighted by Gasteiger charge is -2.42. The summed E-state index contributed by atoms with van der Waals surface area (Å²) in [5, 5.41) is 0. The quantitative estimate of drug-likeness (QED) is 0.908. The largest absolute Gasteiger partial charge is 0.331 e. The number of hydrogen-bond donors (Lipinski definition) is 1. The van der Waals surface area contributed by atoms with Crippen molar-refractivity contribution in [3.05, 3.63) is 18.2 Å². The van der Waals surface area contributed by atoms with Gasteiger partial charge < -0.3 is 10.3 Å². The Balaban J connectivity index is 2.27. The normalized spacial score (nSPS) is 28.1. The molecule has 2 rings (SSSR count). The topological polar surface area (TPSA) is 43.8 Å². The molecule has 0 spiro atoms. The first kappa shape index (κ1) is 15.6. The second kappa shape index (κ2) is 5.88. The van der Waals surface area contributed by atoms with E-state index in [-0.39, 0.29) is 0 Å². The average molecular weight is 277 g/mol. The molecule has 0 radical (unpaired) electrons. The van der Waals surface area contributed by atoms with Crippen molar-refractivity contribution in [1.29, 1.82) is 0 Å². The minimum absolute atomic E-state index is 0.385. The Morgan fingerprint density at radius 2 is 2.05 bits per heavy atom. The lowest BCUT2D eigenvalue weighted by molar-refractivity contribution is 0.104. The Kier molecular flexibility index (Phi) is 4.58. The van der Waals surface area contributed by atoms with Crippen LogP contribution in [0.3, 0.4) is 0 Å². The standard InChI is InChI=1S/C17H31N3/c1-12(2)16-19-8-9-20(16)15-10-14(17(3,4)5)7-6-13(15)11-18/h8-9,12-15H,6-7,10-11,18H2,1-5H3. The third-order valence-electron chi connectivity index (χ3n) is 5.06. The van der Waals surface area contributed by atoms with Gasteiger partial charge in [0.25, 0.3) is 0 Å². The molecule has 0 aliphatic heterocycles. The van der Waals surface area contributed by atoms with Crippen LogP contribution in [0.5, 0.6) is 0 Å². The molecule has 1 aromatic rings. The molecule has 1 aromatic heterocycles. The number of nitrogens with zero attached hydrogens (tertiary/aromatic N) is 2. The van der Waals surface area contributed by atoms with Crippen molar-refractivity contribution < 1.29 is 0 Å². The zero-order chi connectivity index (χ0) is 14.9. The van der Waals surface area contributed by atoms with Crippen LogP contribution < -0.4 is 5.73 Å². The van der Waals surface area contributed by atoms with Crippen molar-refractivity contribution in [3.63, 3.8) is 0 Å². The summed E-state index contributed by atoms with van der Waals surface area (Å²) >= 11 is 0. The molecule has 3 heteroatoms. The molecule has 1 aliphatic carbocycles. The van der Waals surface area contributed by atoms with Gasteiger partial charge in [0, 0.05) is 24.4 Å².